The first kappa shape index (κ1) is 20.6. The highest BCUT2D eigenvalue weighted by molar-refractivity contribution is 6.30. The second-order valence-corrected chi connectivity index (χ2v) is 7.34. The van der Waals surface area contributed by atoms with Crippen LogP contribution in [0.3, 0.4) is 0 Å². The Bertz CT molecular complexity index is 1160. The van der Waals surface area contributed by atoms with Crippen molar-refractivity contribution in [3.05, 3.63) is 101 Å². The number of amides is 2. The third-order valence-corrected chi connectivity index (χ3v) is 5.09. The van der Waals surface area contributed by atoms with Crippen molar-refractivity contribution in [2.45, 2.75) is 19.4 Å². The minimum atomic E-state index is -0.643. The smallest absolute Gasteiger partial charge is 0.320 e. The average molecular weight is 433 g/mol. The Balaban J connectivity index is 1.61. The number of nitrogens with one attached hydrogen (secondary N) is 2. The van der Waals surface area contributed by atoms with Crippen LogP contribution in [0.15, 0.2) is 83.3 Å². The number of para-hydroxylation sites is 1. The molecule has 0 saturated heterocycles. The number of anilines is 1. The van der Waals surface area contributed by atoms with Crippen LogP contribution in [0, 0.1) is 0 Å². The predicted octanol–water partition coefficient (Wildman–Crippen LogP) is 5.86. The third kappa shape index (κ3) is 4.92. The van der Waals surface area contributed by atoms with Gasteiger partial charge in [0.1, 0.15) is 6.04 Å². The fourth-order valence-corrected chi connectivity index (χ4v) is 3.36. The number of rotatable bonds is 6. The van der Waals surface area contributed by atoms with Crippen molar-refractivity contribution >= 4 is 23.3 Å². The average Bonchev–Trinajstić information content (AvgIpc) is 3.29. The molecule has 0 radical (unpaired) electrons. The molecule has 31 heavy (non-hydrogen) atoms. The number of carbonyl (C=O) groups excluding carboxylic acids is 1. The Kier molecular flexibility index (Phi) is 6.29. The summed E-state index contributed by atoms with van der Waals surface area (Å²) in [4.78, 5) is 12.8. The van der Waals surface area contributed by atoms with Gasteiger partial charge in [0.15, 0.2) is 0 Å². The van der Waals surface area contributed by atoms with Crippen LogP contribution >= 0.6 is 11.6 Å². The van der Waals surface area contributed by atoms with Crippen molar-refractivity contribution in [3.8, 4) is 11.5 Å². The lowest BCUT2D eigenvalue weighted by atomic mass is 10.1. The molecular weight excluding hydrogens is 412 g/mol. The van der Waals surface area contributed by atoms with E-state index in [0.29, 0.717) is 10.9 Å². The fourth-order valence-electron chi connectivity index (χ4n) is 3.23. The molecule has 7 heteroatoms. The zero-order valence-electron chi connectivity index (χ0n) is 16.9. The largest absolute Gasteiger partial charge is 0.418 e. The maximum atomic E-state index is 12.8. The summed E-state index contributed by atoms with van der Waals surface area (Å²) < 4.78 is 5.91. The van der Waals surface area contributed by atoms with E-state index in [4.69, 9.17) is 16.0 Å². The van der Waals surface area contributed by atoms with Crippen LogP contribution in [-0.2, 0) is 6.42 Å². The number of aryl methyl sites for hydroxylation is 1. The van der Waals surface area contributed by atoms with Crippen LogP contribution < -0.4 is 10.6 Å². The Morgan fingerprint density at radius 3 is 2.42 bits per heavy atom. The van der Waals surface area contributed by atoms with Crippen molar-refractivity contribution in [2.24, 2.45) is 0 Å². The van der Waals surface area contributed by atoms with E-state index in [1.807, 2.05) is 73.7 Å². The molecule has 0 bridgehead atoms. The van der Waals surface area contributed by atoms with Crippen molar-refractivity contribution in [2.75, 3.05) is 5.32 Å². The van der Waals surface area contributed by atoms with E-state index in [9.17, 15) is 4.79 Å². The van der Waals surface area contributed by atoms with Gasteiger partial charge in [-0.3, -0.25) is 0 Å². The van der Waals surface area contributed by atoms with Gasteiger partial charge in [0.2, 0.25) is 11.8 Å². The lowest BCUT2D eigenvalue weighted by Gasteiger charge is -2.17. The van der Waals surface area contributed by atoms with Gasteiger partial charge >= 0.3 is 6.03 Å². The first-order valence-corrected chi connectivity index (χ1v) is 10.3. The molecule has 2 amide bonds. The standard InChI is InChI=1S/C24H21ClN4O2/c1-2-16-8-6-7-11-20(16)26-24(30)27-21(17-12-14-19(25)15-13-17)23-29-28-22(31-23)18-9-4-3-5-10-18/h3-15,21H,2H2,1H3,(H2,26,27,30). The summed E-state index contributed by atoms with van der Waals surface area (Å²) in [6.07, 6.45) is 0.807. The van der Waals surface area contributed by atoms with E-state index >= 15 is 0 Å². The Labute approximate surface area is 185 Å². The van der Waals surface area contributed by atoms with E-state index in [1.165, 1.54) is 0 Å². The number of benzene rings is 3. The first-order valence-electron chi connectivity index (χ1n) is 9.93. The number of carbonyl (C=O) groups is 1. The molecule has 0 aliphatic rings. The van der Waals surface area contributed by atoms with Crippen molar-refractivity contribution in [1.82, 2.24) is 15.5 Å². The van der Waals surface area contributed by atoms with Gasteiger partial charge in [0.25, 0.3) is 0 Å². The molecule has 4 aromatic rings. The zero-order valence-corrected chi connectivity index (χ0v) is 17.6. The van der Waals surface area contributed by atoms with Gasteiger partial charge in [-0.15, -0.1) is 10.2 Å². The molecule has 3 aromatic carbocycles. The van der Waals surface area contributed by atoms with Crippen LogP contribution in [0.25, 0.3) is 11.5 Å². The lowest BCUT2D eigenvalue weighted by Crippen LogP contribution is -2.33. The molecule has 1 unspecified atom stereocenters. The first-order chi connectivity index (χ1) is 15.1. The van der Waals surface area contributed by atoms with Crippen LogP contribution in [0.5, 0.6) is 0 Å². The van der Waals surface area contributed by atoms with Gasteiger partial charge in [0, 0.05) is 16.3 Å². The van der Waals surface area contributed by atoms with Gasteiger partial charge in [-0.25, -0.2) is 4.79 Å². The molecule has 0 aliphatic heterocycles. The third-order valence-electron chi connectivity index (χ3n) is 4.83. The molecule has 6 nitrogen and oxygen atoms in total. The maximum Gasteiger partial charge on any atom is 0.320 e. The van der Waals surface area contributed by atoms with Gasteiger partial charge < -0.3 is 15.1 Å². The predicted molar refractivity (Wildman–Crippen MR) is 121 cm³/mol. The summed E-state index contributed by atoms with van der Waals surface area (Å²) >= 11 is 6.04. The SMILES string of the molecule is CCc1ccccc1NC(=O)NC(c1ccc(Cl)cc1)c1nnc(-c2ccccc2)o1. The highest BCUT2D eigenvalue weighted by atomic mass is 35.5. The molecule has 0 aliphatic carbocycles. The van der Waals surface area contributed by atoms with Gasteiger partial charge in [-0.2, -0.15) is 0 Å². The normalized spacial score (nSPS) is 11.7. The van der Waals surface area contributed by atoms with E-state index in [0.717, 1.165) is 28.8 Å². The molecule has 0 saturated carbocycles. The molecule has 2 N–H and O–H groups in total. The lowest BCUT2D eigenvalue weighted by molar-refractivity contribution is 0.248. The van der Waals surface area contributed by atoms with E-state index in [2.05, 4.69) is 20.8 Å². The molecule has 0 fully saturated rings. The van der Waals surface area contributed by atoms with E-state index in [-0.39, 0.29) is 11.9 Å². The molecule has 156 valence electrons. The monoisotopic (exact) mass is 432 g/mol. The van der Waals surface area contributed by atoms with Crippen LogP contribution in [0.2, 0.25) is 5.02 Å². The number of urea groups is 1. The second-order valence-electron chi connectivity index (χ2n) is 6.91. The molecule has 1 aromatic heterocycles. The molecule has 1 heterocycles. The van der Waals surface area contributed by atoms with Crippen LogP contribution in [0.1, 0.15) is 30.0 Å². The van der Waals surface area contributed by atoms with Crippen molar-refractivity contribution in [3.63, 3.8) is 0 Å². The molecular formula is C24H21ClN4O2. The summed E-state index contributed by atoms with van der Waals surface area (Å²) in [6.45, 7) is 2.04. The number of aromatic nitrogens is 2. The van der Waals surface area contributed by atoms with Crippen molar-refractivity contribution < 1.29 is 9.21 Å². The number of hydrogen-bond acceptors (Lipinski definition) is 4. The Morgan fingerprint density at radius 2 is 1.68 bits per heavy atom. The number of halogens is 1. The highest BCUT2D eigenvalue weighted by Crippen LogP contribution is 2.26. The Hall–Kier alpha value is -3.64. The zero-order chi connectivity index (χ0) is 21.6. The minimum absolute atomic E-state index is 0.278. The number of nitrogens with zero attached hydrogens (tertiary/aromatic N) is 2. The molecule has 1 atom stereocenters. The van der Waals surface area contributed by atoms with Gasteiger partial charge in [-0.1, -0.05) is 67.1 Å². The van der Waals surface area contributed by atoms with E-state index < -0.39 is 6.04 Å². The van der Waals surface area contributed by atoms with Crippen molar-refractivity contribution in [1.29, 1.82) is 0 Å². The fraction of sp³-hybridized carbons (Fsp3) is 0.125. The van der Waals surface area contributed by atoms with E-state index in [1.54, 1.807) is 12.1 Å². The summed E-state index contributed by atoms with van der Waals surface area (Å²) in [5.74, 6) is 0.660. The highest BCUT2D eigenvalue weighted by Gasteiger charge is 2.24. The maximum absolute atomic E-state index is 12.8. The second kappa shape index (κ2) is 9.45. The summed E-state index contributed by atoms with van der Waals surface area (Å²) in [5, 5.41) is 14.8. The Morgan fingerprint density at radius 1 is 0.968 bits per heavy atom. The number of hydrogen-bond donors (Lipinski definition) is 2. The quantitative estimate of drug-likeness (QED) is 0.399. The topological polar surface area (TPSA) is 80.0 Å². The summed E-state index contributed by atoms with van der Waals surface area (Å²) in [7, 11) is 0. The van der Waals surface area contributed by atoms with Crippen LogP contribution in [0.4, 0.5) is 10.5 Å². The molecule has 4 rings (SSSR count). The summed E-state index contributed by atoms with van der Waals surface area (Å²) in [6, 6.07) is 23.3. The molecule has 0 spiro atoms. The summed E-state index contributed by atoms with van der Waals surface area (Å²) in [5.41, 5.74) is 3.38. The van der Waals surface area contributed by atoms with Gasteiger partial charge in [-0.05, 0) is 47.9 Å². The van der Waals surface area contributed by atoms with Crippen LogP contribution in [-0.4, -0.2) is 16.2 Å². The minimum Gasteiger partial charge on any atom is -0.418 e. The van der Waals surface area contributed by atoms with Gasteiger partial charge in [0.05, 0.1) is 0 Å².